The first kappa shape index (κ1) is 24.7. The summed E-state index contributed by atoms with van der Waals surface area (Å²) in [6.07, 6.45) is -0.420. The molecule has 0 aliphatic carbocycles. The van der Waals surface area contributed by atoms with Gasteiger partial charge < -0.3 is 19.5 Å². The lowest BCUT2D eigenvalue weighted by Gasteiger charge is -2.28. The molecule has 0 saturated carbocycles. The molecular weight excluding hydrogens is 492 g/mol. The normalized spacial score (nSPS) is 14.8. The number of hydrogen-bond donors (Lipinski definition) is 1. The van der Waals surface area contributed by atoms with Crippen molar-refractivity contribution in [3.8, 4) is 17.2 Å². The van der Waals surface area contributed by atoms with Crippen molar-refractivity contribution in [1.82, 2.24) is 5.32 Å². The summed E-state index contributed by atoms with van der Waals surface area (Å²) in [7, 11) is -2.70. The predicted molar refractivity (Wildman–Crippen MR) is 133 cm³/mol. The zero-order valence-electron chi connectivity index (χ0n) is 19.2. The largest absolute Gasteiger partial charge is 0.495 e. The molecule has 1 aliphatic heterocycles. The van der Waals surface area contributed by atoms with Crippen molar-refractivity contribution in [3.05, 3.63) is 77.3 Å². The third-order valence-electron chi connectivity index (χ3n) is 5.40. The Morgan fingerprint density at radius 1 is 1.11 bits per heavy atom. The SMILES string of the molecule is COc1ccc(Cl)cc1N(CC(=O)NC[C@@H]1COc2ccccc2O1)S(=O)(=O)c1ccc(C)cc1. The van der Waals surface area contributed by atoms with E-state index in [9.17, 15) is 13.2 Å². The molecule has 4 rings (SSSR count). The number of hydrogen-bond acceptors (Lipinski definition) is 6. The Hall–Kier alpha value is -3.43. The molecule has 1 amide bonds. The second-order valence-corrected chi connectivity index (χ2v) is 10.2. The van der Waals surface area contributed by atoms with Gasteiger partial charge in [-0.1, -0.05) is 41.4 Å². The van der Waals surface area contributed by atoms with E-state index in [2.05, 4.69) is 5.32 Å². The van der Waals surface area contributed by atoms with Crippen molar-refractivity contribution >= 4 is 33.2 Å². The van der Waals surface area contributed by atoms with E-state index in [0.29, 0.717) is 16.5 Å². The summed E-state index contributed by atoms with van der Waals surface area (Å²) in [5.41, 5.74) is 1.06. The summed E-state index contributed by atoms with van der Waals surface area (Å²) in [5.74, 6) is 0.965. The summed E-state index contributed by atoms with van der Waals surface area (Å²) in [6.45, 7) is 1.76. The van der Waals surface area contributed by atoms with Crippen molar-refractivity contribution in [2.75, 3.05) is 31.1 Å². The van der Waals surface area contributed by atoms with Crippen molar-refractivity contribution in [3.63, 3.8) is 0 Å². The average Bonchev–Trinajstić information content (AvgIpc) is 2.86. The number of rotatable bonds is 8. The lowest BCUT2D eigenvalue weighted by Crippen LogP contribution is -2.45. The molecule has 3 aromatic carbocycles. The van der Waals surface area contributed by atoms with Gasteiger partial charge in [0.25, 0.3) is 10.0 Å². The Balaban J connectivity index is 1.56. The van der Waals surface area contributed by atoms with Gasteiger partial charge in [-0.2, -0.15) is 0 Å². The summed E-state index contributed by atoms with van der Waals surface area (Å²) in [5, 5.41) is 3.05. The van der Waals surface area contributed by atoms with E-state index in [1.54, 1.807) is 36.4 Å². The minimum absolute atomic E-state index is 0.0403. The Morgan fingerprint density at radius 3 is 2.54 bits per heavy atom. The van der Waals surface area contributed by atoms with Gasteiger partial charge in [0.05, 0.1) is 24.2 Å². The van der Waals surface area contributed by atoms with Gasteiger partial charge in [0.2, 0.25) is 5.91 Å². The van der Waals surface area contributed by atoms with E-state index >= 15 is 0 Å². The fourth-order valence-electron chi connectivity index (χ4n) is 3.57. The summed E-state index contributed by atoms with van der Waals surface area (Å²) < 4.78 is 45.1. The van der Waals surface area contributed by atoms with Crippen LogP contribution in [-0.4, -0.2) is 47.2 Å². The van der Waals surface area contributed by atoms with Gasteiger partial charge in [-0.05, 0) is 49.4 Å². The summed E-state index contributed by atoms with van der Waals surface area (Å²) >= 11 is 6.17. The highest BCUT2D eigenvalue weighted by Crippen LogP contribution is 2.35. The number of fused-ring (bicyclic) bond motifs is 1. The maximum Gasteiger partial charge on any atom is 0.264 e. The van der Waals surface area contributed by atoms with Gasteiger partial charge in [-0.15, -0.1) is 0 Å². The molecule has 0 radical (unpaired) electrons. The molecule has 1 atom stereocenters. The first-order chi connectivity index (χ1) is 16.8. The molecule has 0 bridgehead atoms. The van der Waals surface area contributed by atoms with E-state index in [1.165, 1.54) is 25.3 Å². The molecule has 1 heterocycles. The van der Waals surface area contributed by atoms with Crippen LogP contribution in [0.2, 0.25) is 5.02 Å². The molecule has 35 heavy (non-hydrogen) atoms. The van der Waals surface area contributed by atoms with Gasteiger partial charge in [0.1, 0.15) is 25.0 Å². The first-order valence-corrected chi connectivity index (χ1v) is 12.7. The maximum absolute atomic E-state index is 13.6. The van der Waals surface area contributed by atoms with Crippen LogP contribution in [0.1, 0.15) is 5.56 Å². The quantitative estimate of drug-likeness (QED) is 0.489. The number of sulfonamides is 1. The van der Waals surface area contributed by atoms with Crippen molar-refractivity contribution in [2.45, 2.75) is 17.9 Å². The number of carbonyl (C=O) groups is 1. The molecule has 184 valence electrons. The number of amides is 1. The lowest BCUT2D eigenvalue weighted by molar-refractivity contribution is -0.120. The highest BCUT2D eigenvalue weighted by molar-refractivity contribution is 7.92. The molecule has 1 aliphatic rings. The van der Waals surface area contributed by atoms with Crippen molar-refractivity contribution < 1.29 is 27.4 Å². The zero-order chi connectivity index (χ0) is 25.0. The van der Waals surface area contributed by atoms with Crippen LogP contribution < -0.4 is 23.8 Å². The summed E-state index contributed by atoms with van der Waals surface area (Å²) in [4.78, 5) is 13.0. The second kappa shape index (κ2) is 10.5. The molecule has 0 saturated heterocycles. The average molecular weight is 517 g/mol. The number of carbonyl (C=O) groups excluding carboxylic acids is 1. The highest BCUT2D eigenvalue weighted by Gasteiger charge is 2.30. The molecule has 3 aromatic rings. The van der Waals surface area contributed by atoms with Crippen LogP contribution >= 0.6 is 11.6 Å². The Morgan fingerprint density at radius 2 is 1.83 bits per heavy atom. The minimum Gasteiger partial charge on any atom is -0.495 e. The number of para-hydroxylation sites is 2. The van der Waals surface area contributed by atoms with Gasteiger partial charge in [-0.3, -0.25) is 9.10 Å². The smallest absolute Gasteiger partial charge is 0.264 e. The van der Waals surface area contributed by atoms with Crippen LogP contribution in [0.5, 0.6) is 17.2 Å². The van der Waals surface area contributed by atoms with Crippen LogP contribution in [0.4, 0.5) is 5.69 Å². The number of benzene rings is 3. The molecule has 1 N–H and O–H groups in total. The highest BCUT2D eigenvalue weighted by atomic mass is 35.5. The third kappa shape index (κ3) is 5.63. The van der Waals surface area contributed by atoms with Crippen LogP contribution in [0.3, 0.4) is 0 Å². The fraction of sp³-hybridized carbons (Fsp3) is 0.240. The Labute approximate surface area is 209 Å². The lowest BCUT2D eigenvalue weighted by atomic mass is 10.2. The van der Waals surface area contributed by atoms with Gasteiger partial charge in [-0.25, -0.2) is 8.42 Å². The maximum atomic E-state index is 13.6. The minimum atomic E-state index is -4.12. The number of halogens is 1. The zero-order valence-corrected chi connectivity index (χ0v) is 20.8. The first-order valence-electron chi connectivity index (χ1n) is 10.9. The fourth-order valence-corrected chi connectivity index (χ4v) is 5.16. The third-order valence-corrected chi connectivity index (χ3v) is 7.41. The molecule has 0 aromatic heterocycles. The topological polar surface area (TPSA) is 94.2 Å². The molecule has 0 unspecified atom stereocenters. The Bertz CT molecular complexity index is 1310. The molecule has 0 spiro atoms. The van der Waals surface area contributed by atoms with Crippen LogP contribution in [0, 0.1) is 6.92 Å². The summed E-state index contributed by atoms with van der Waals surface area (Å²) in [6, 6.07) is 18.2. The molecule has 0 fully saturated rings. The monoisotopic (exact) mass is 516 g/mol. The van der Waals surface area contributed by atoms with E-state index in [1.807, 2.05) is 19.1 Å². The van der Waals surface area contributed by atoms with Crippen LogP contribution in [0.15, 0.2) is 71.6 Å². The Kier molecular flexibility index (Phi) is 7.37. The number of methoxy groups -OCH3 is 1. The molecular formula is C25H25ClN2O6S. The van der Waals surface area contributed by atoms with Crippen LogP contribution in [0.25, 0.3) is 0 Å². The second-order valence-electron chi connectivity index (χ2n) is 7.94. The predicted octanol–water partition coefficient (Wildman–Crippen LogP) is 3.81. The number of aryl methyl sites for hydroxylation is 1. The van der Waals surface area contributed by atoms with Gasteiger partial charge >= 0.3 is 0 Å². The number of anilines is 1. The molecule has 8 nitrogen and oxygen atoms in total. The van der Waals surface area contributed by atoms with E-state index in [0.717, 1.165) is 9.87 Å². The van der Waals surface area contributed by atoms with Crippen molar-refractivity contribution in [2.24, 2.45) is 0 Å². The van der Waals surface area contributed by atoms with E-state index in [4.69, 9.17) is 25.8 Å². The van der Waals surface area contributed by atoms with Gasteiger partial charge in [0.15, 0.2) is 11.5 Å². The van der Waals surface area contributed by atoms with E-state index < -0.39 is 28.6 Å². The van der Waals surface area contributed by atoms with Crippen LogP contribution in [-0.2, 0) is 14.8 Å². The number of nitrogens with zero attached hydrogens (tertiary/aromatic N) is 1. The standard InChI is InChI=1S/C25H25ClN2O6S/c1-17-7-10-20(11-8-17)35(30,31)28(21-13-18(26)9-12-22(21)32-2)15-25(29)27-14-19-16-33-23-5-3-4-6-24(23)34-19/h3-13,19H,14-16H2,1-2H3,(H,27,29)/t19-/m1/s1. The van der Waals surface area contributed by atoms with E-state index in [-0.39, 0.29) is 29.5 Å². The number of ether oxygens (including phenoxy) is 3. The van der Waals surface area contributed by atoms with Gasteiger partial charge in [0, 0.05) is 5.02 Å². The van der Waals surface area contributed by atoms with Crippen molar-refractivity contribution in [1.29, 1.82) is 0 Å². The number of nitrogens with one attached hydrogen (secondary N) is 1. The molecule has 10 heteroatoms.